The van der Waals surface area contributed by atoms with Crippen LogP contribution in [0.3, 0.4) is 0 Å². The van der Waals surface area contributed by atoms with Gasteiger partial charge in [-0.1, -0.05) is 18.9 Å². The minimum absolute atomic E-state index is 0.272. The Balaban J connectivity index is 1.49. The first-order valence-corrected chi connectivity index (χ1v) is 8.67. The number of carbonyl (C=O) groups excluding carboxylic acids is 1. The van der Waals surface area contributed by atoms with Crippen LogP contribution in [0.4, 0.5) is 27.7 Å². The summed E-state index contributed by atoms with van der Waals surface area (Å²) < 4.78 is 2.68. The van der Waals surface area contributed by atoms with Gasteiger partial charge in [0.25, 0.3) is 0 Å². The van der Waals surface area contributed by atoms with Gasteiger partial charge in [0.15, 0.2) is 0 Å². The standard InChI is InChI=1S/C17H22N6OS/c18-14-6-5-13(10-15(14)23-25)22-17(24)20-9-7-12-4-3-11-2-1-8-19-16(11)21-12/h3-6,10,23,25H,1-2,7-9,18H2,(H,19,21)(H2,20,22,24). The second-order valence-corrected chi connectivity index (χ2v) is 6.11. The minimum atomic E-state index is -0.272. The van der Waals surface area contributed by atoms with E-state index in [4.69, 9.17) is 5.73 Å². The zero-order chi connectivity index (χ0) is 17.6. The second kappa shape index (κ2) is 7.98. The fraction of sp³-hybridized carbons (Fsp3) is 0.294. The molecule has 25 heavy (non-hydrogen) atoms. The molecular weight excluding hydrogens is 336 g/mol. The number of carbonyl (C=O) groups is 1. The zero-order valence-corrected chi connectivity index (χ0v) is 14.7. The van der Waals surface area contributed by atoms with Gasteiger partial charge >= 0.3 is 6.03 Å². The Morgan fingerprint density at radius 2 is 2.20 bits per heavy atom. The van der Waals surface area contributed by atoms with Crippen molar-refractivity contribution in [2.24, 2.45) is 0 Å². The van der Waals surface area contributed by atoms with Gasteiger partial charge < -0.3 is 26.4 Å². The first-order chi connectivity index (χ1) is 12.2. The molecule has 2 heterocycles. The van der Waals surface area contributed by atoms with E-state index in [0.29, 0.717) is 30.0 Å². The van der Waals surface area contributed by atoms with E-state index in [1.165, 1.54) is 5.56 Å². The molecule has 0 atom stereocenters. The van der Waals surface area contributed by atoms with Crippen molar-refractivity contribution in [1.29, 1.82) is 0 Å². The van der Waals surface area contributed by atoms with E-state index in [2.05, 4.69) is 44.5 Å². The molecule has 1 aliphatic rings. The number of thiol groups is 1. The molecule has 2 aromatic rings. The van der Waals surface area contributed by atoms with Crippen molar-refractivity contribution in [2.45, 2.75) is 19.3 Å². The number of benzene rings is 1. The molecular formula is C17H22N6OS. The van der Waals surface area contributed by atoms with Crippen LogP contribution < -0.4 is 26.4 Å². The Morgan fingerprint density at radius 1 is 1.32 bits per heavy atom. The summed E-state index contributed by atoms with van der Waals surface area (Å²) in [6.45, 7) is 1.47. The number of anilines is 4. The molecule has 0 fully saturated rings. The molecule has 0 unspecified atom stereocenters. The van der Waals surface area contributed by atoms with Gasteiger partial charge in [0.1, 0.15) is 5.82 Å². The van der Waals surface area contributed by atoms with Gasteiger partial charge in [0.05, 0.1) is 11.4 Å². The number of hydrogen-bond acceptors (Lipinski definition) is 6. The van der Waals surface area contributed by atoms with Crippen LogP contribution in [0.15, 0.2) is 30.3 Å². The van der Waals surface area contributed by atoms with E-state index >= 15 is 0 Å². The van der Waals surface area contributed by atoms with E-state index in [0.717, 1.165) is 30.9 Å². The lowest BCUT2D eigenvalue weighted by molar-refractivity contribution is 0.252. The fourth-order valence-corrected chi connectivity index (χ4v) is 2.91. The molecule has 0 bridgehead atoms. The van der Waals surface area contributed by atoms with Gasteiger partial charge in [0, 0.05) is 30.9 Å². The van der Waals surface area contributed by atoms with Crippen LogP contribution in [0.2, 0.25) is 0 Å². The summed E-state index contributed by atoms with van der Waals surface area (Å²) in [5.74, 6) is 0.974. The lowest BCUT2D eigenvalue weighted by atomic mass is 10.1. The first-order valence-electron chi connectivity index (χ1n) is 8.23. The molecule has 1 aromatic heterocycles. The Labute approximate surface area is 152 Å². The average molecular weight is 358 g/mol. The van der Waals surface area contributed by atoms with Crippen molar-refractivity contribution >= 4 is 41.7 Å². The molecule has 3 rings (SSSR count). The van der Waals surface area contributed by atoms with E-state index < -0.39 is 0 Å². The number of pyridine rings is 1. The van der Waals surface area contributed by atoms with Gasteiger partial charge in [-0.3, -0.25) is 0 Å². The smallest absolute Gasteiger partial charge is 0.319 e. The molecule has 0 radical (unpaired) electrons. The molecule has 0 aliphatic carbocycles. The monoisotopic (exact) mass is 358 g/mol. The SMILES string of the molecule is Nc1ccc(NC(=O)NCCc2ccc3c(n2)NCCC3)cc1NS. The third kappa shape index (κ3) is 4.48. The van der Waals surface area contributed by atoms with Gasteiger partial charge in [-0.15, -0.1) is 0 Å². The number of aromatic nitrogens is 1. The van der Waals surface area contributed by atoms with Crippen molar-refractivity contribution in [1.82, 2.24) is 10.3 Å². The molecule has 6 N–H and O–H groups in total. The molecule has 132 valence electrons. The third-order valence-electron chi connectivity index (χ3n) is 4.05. The maximum absolute atomic E-state index is 12.0. The van der Waals surface area contributed by atoms with Crippen molar-refractivity contribution in [3.05, 3.63) is 41.6 Å². The molecule has 8 heteroatoms. The predicted octanol–water partition coefficient (Wildman–Crippen LogP) is 2.64. The van der Waals surface area contributed by atoms with Crippen LogP contribution in [0.5, 0.6) is 0 Å². The predicted molar refractivity (Wildman–Crippen MR) is 105 cm³/mol. The van der Waals surface area contributed by atoms with Gasteiger partial charge in [-0.2, -0.15) is 0 Å². The summed E-state index contributed by atoms with van der Waals surface area (Å²) in [6.07, 6.45) is 2.89. The quantitative estimate of drug-likeness (QED) is 0.364. The highest BCUT2D eigenvalue weighted by Gasteiger charge is 2.10. The molecule has 7 nitrogen and oxygen atoms in total. The zero-order valence-electron chi connectivity index (χ0n) is 13.8. The normalized spacial score (nSPS) is 12.7. The molecule has 0 spiro atoms. The lowest BCUT2D eigenvalue weighted by Crippen LogP contribution is -2.30. The van der Waals surface area contributed by atoms with E-state index in [9.17, 15) is 4.79 Å². The van der Waals surface area contributed by atoms with Crippen molar-refractivity contribution in [3.8, 4) is 0 Å². The van der Waals surface area contributed by atoms with E-state index in [1.54, 1.807) is 18.2 Å². The molecule has 2 amide bonds. The number of hydrogen-bond donors (Lipinski definition) is 6. The summed E-state index contributed by atoms with van der Waals surface area (Å²) in [4.78, 5) is 16.6. The van der Waals surface area contributed by atoms with Crippen LogP contribution >= 0.6 is 12.8 Å². The van der Waals surface area contributed by atoms with Crippen molar-refractivity contribution < 1.29 is 4.79 Å². The number of rotatable bonds is 5. The van der Waals surface area contributed by atoms with Crippen LogP contribution in [0.25, 0.3) is 0 Å². The van der Waals surface area contributed by atoms with Crippen LogP contribution in [0, 0.1) is 0 Å². The first kappa shape index (κ1) is 17.2. The maximum atomic E-state index is 12.0. The van der Waals surface area contributed by atoms with Crippen molar-refractivity contribution in [3.63, 3.8) is 0 Å². The third-order valence-corrected chi connectivity index (χ3v) is 4.29. The molecule has 1 aromatic carbocycles. The molecule has 0 saturated heterocycles. The summed E-state index contributed by atoms with van der Waals surface area (Å²) in [7, 11) is 0. The van der Waals surface area contributed by atoms with Crippen LogP contribution in [-0.4, -0.2) is 24.1 Å². The number of nitrogens with one attached hydrogen (secondary N) is 4. The van der Waals surface area contributed by atoms with Crippen molar-refractivity contribution in [2.75, 3.05) is 34.2 Å². The Morgan fingerprint density at radius 3 is 3.04 bits per heavy atom. The van der Waals surface area contributed by atoms with Crippen LogP contribution in [-0.2, 0) is 12.8 Å². The molecule has 1 aliphatic heterocycles. The van der Waals surface area contributed by atoms with E-state index in [1.807, 2.05) is 6.07 Å². The largest absolute Gasteiger partial charge is 0.397 e. The number of aryl methyl sites for hydroxylation is 1. The lowest BCUT2D eigenvalue weighted by Gasteiger charge is -2.17. The summed E-state index contributed by atoms with van der Waals surface area (Å²) in [6, 6.07) is 9.03. The highest BCUT2D eigenvalue weighted by atomic mass is 32.1. The number of nitrogens with two attached hydrogens (primary N) is 1. The fourth-order valence-electron chi connectivity index (χ4n) is 2.72. The number of amides is 2. The Bertz CT molecular complexity index is 767. The van der Waals surface area contributed by atoms with Gasteiger partial charge in [0.2, 0.25) is 0 Å². The summed E-state index contributed by atoms with van der Waals surface area (Å²) in [5.41, 5.74) is 9.84. The Kier molecular flexibility index (Phi) is 5.49. The summed E-state index contributed by atoms with van der Waals surface area (Å²) >= 11 is 3.98. The van der Waals surface area contributed by atoms with Gasteiger partial charge in [-0.05, 0) is 42.7 Å². The average Bonchev–Trinajstić information content (AvgIpc) is 2.63. The summed E-state index contributed by atoms with van der Waals surface area (Å²) in [5, 5.41) is 8.92. The van der Waals surface area contributed by atoms with E-state index in [-0.39, 0.29) is 6.03 Å². The number of nitrogens with zero attached hydrogens (tertiary/aromatic N) is 1. The number of nitrogen functional groups attached to an aromatic ring is 1. The minimum Gasteiger partial charge on any atom is -0.397 e. The topological polar surface area (TPSA) is 104 Å². The Hall–Kier alpha value is -2.61. The number of urea groups is 1. The maximum Gasteiger partial charge on any atom is 0.319 e. The van der Waals surface area contributed by atoms with Crippen LogP contribution in [0.1, 0.15) is 17.7 Å². The molecule has 0 saturated carbocycles. The van der Waals surface area contributed by atoms with Gasteiger partial charge in [-0.25, -0.2) is 9.78 Å². The highest BCUT2D eigenvalue weighted by Crippen LogP contribution is 2.23. The number of fused-ring (bicyclic) bond motifs is 1. The second-order valence-electron chi connectivity index (χ2n) is 5.89. The highest BCUT2D eigenvalue weighted by molar-refractivity contribution is 7.81.